The van der Waals surface area contributed by atoms with Gasteiger partial charge in [-0.1, -0.05) is 17.7 Å². The Labute approximate surface area is 183 Å². The molecule has 0 fully saturated rings. The average molecular weight is 457 g/mol. The van der Waals surface area contributed by atoms with Crippen LogP contribution in [0.3, 0.4) is 0 Å². The number of benzene rings is 3. The molecule has 1 amide bonds. The number of carbonyl (C=O) groups is 1. The fourth-order valence-corrected chi connectivity index (χ4v) is 4.12. The summed E-state index contributed by atoms with van der Waals surface area (Å²) >= 11 is 5.92. The Hall–Kier alpha value is -3.56. The van der Waals surface area contributed by atoms with Crippen molar-refractivity contribution < 1.29 is 17.6 Å². The van der Waals surface area contributed by atoms with Crippen LogP contribution in [-0.2, 0) is 14.8 Å². The first-order valence-corrected chi connectivity index (χ1v) is 11.0. The zero-order chi connectivity index (χ0) is 22.0. The fourth-order valence-electron chi connectivity index (χ4n) is 2.86. The lowest BCUT2D eigenvalue weighted by Gasteiger charge is -2.08. The highest BCUT2D eigenvalue weighted by Gasteiger charge is 2.17. The number of oxazole rings is 1. The third-order valence-electron chi connectivity index (χ3n) is 4.20. The van der Waals surface area contributed by atoms with Gasteiger partial charge in [-0.3, -0.25) is 9.52 Å². The van der Waals surface area contributed by atoms with Gasteiger partial charge in [-0.25, -0.2) is 8.42 Å². The number of hydrogen-bond donors (Lipinski definition) is 3. The van der Waals surface area contributed by atoms with Gasteiger partial charge in [0.2, 0.25) is 5.91 Å². The Morgan fingerprint density at radius 3 is 2.42 bits per heavy atom. The van der Waals surface area contributed by atoms with E-state index in [1.54, 1.807) is 48.5 Å². The van der Waals surface area contributed by atoms with Crippen LogP contribution >= 0.6 is 11.6 Å². The molecule has 0 saturated heterocycles. The average Bonchev–Trinajstić information content (AvgIpc) is 3.10. The van der Waals surface area contributed by atoms with E-state index in [1.165, 1.54) is 25.1 Å². The van der Waals surface area contributed by atoms with Crippen LogP contribution in [0.5, 0.6) is 0 Å². The molecule has 0 saturated carbocycles. The first-order valence-electron chi connectivity index (χ1n) is 9.12. The quantitative estimate of drug-likeness (QED) is 0.377. The maximum absolute atomic E-state index is 12.7. The largest absolute Gasteiger partial charge is 0.423 e. The summed E-state index contributed by atoms with van der Waals surface area (Å²) in [6, 6.07) is 18.0. The Morgan fingerprint density at radius 1 is 0.968 bits per heavy atom. The molecular weight excluding hydrogens is 440 g/mol. The van der Waals surface area contributed by atoms with E-state index in [4.69, 9.17) is 16.0 Å². The molecule has 8 nitrogen and oxygen atoms in total. The van der Waals surface area contributed by atoms with E-state index in [9.17, 15) is 13.2 Å². The summed E-state index contributed by atoms with van der Waals surface area (Å²) in [6.07, 6.45) is 0. The minimum absolute atomic E-state index is 0.0412. The molecular formula is C21H17ClN4O4S. The highest BCUT2D eigenvalue weighted by Crippen LogP contribution is 2.26. The van der Waals surface area contributed by atoms with Crippen LogP contribution in [0.4, 0.5) is 23.1 Å². The second-order valence-corrected chi connectivity index (χ2v) is 8.77. The SMILES string of the molecule is CC(=O)Nc1ccc(Nc2nc3cc(S(=O)(=O)Nc4cccc(Cl)c4)ccc3o2)cc1. The molecule has 0 aliphatic carbocycles. The Bertz CT molecular complexity index is 1370. The van der Waals surface area contributed by atoms with Gasteiger partial charge >= 0.3 is 0 Å². The smallest absolute Gasteiger partial charge is 0.300 e. The number of anilines is 4. The maximum atomic E-state index is 12.7. The van der Waals surface area contributed by atoms with Crippen LogP contribution in [0.25, 0.3) is 11.1 Å². The van der Waals surface area contributed by atoms with Gasteiger partial charge in [-0.05, 0) is 60.7 Å². The van der Waals surface area contributed by atoms with Gasteiger partial charge in [-0.15, -0.1) is 0 Å². The third kappa shape index (κ3) is 4.96. The van der Waals surface area contributed by atoms with Gasteiger partial charge in [-0.2, -0.15) is 4.98 Å². The number of aromatic nitrogens is 1. The second-order valence-electron chi connectivity index (χ2n) is 6.65. The van der Waals surface area contributed by atoms with Gasteiger partial charge in [0.1, 0.15) is 5.52 Å². The number of nitrogens with one attached hydrogen (secondary N) is 3. The highest BCUT2D eigenvalue weighted by atomic mass is 35.5. The number of hydrogen-bond acceptors (Lipinski definition) is 6. The normalized spacial score (nSPS) is 11.3. The molecule has 158 valence electrons. The lowest BCUT2D eigenvalue weighted by Crippen LogP contribution is -2.12. The van der Waals surface area contributed by atoms with Crippen molar-refractivity contribution in [3.05, 3.63) is 71.8 Å². The van der Waals surface area contributed by atoms with E-state index in [-0.39, 0.29) is 16.8 Å². The van der Waals surface area contributed by atoms with E-state index in [1.807, 2.05) is 0 Å². The molecule has 4 aromatic rings. The van der Waals surface area contributed by atoms with Crippen LogP contribution in [0.2, 0.25) is 5.02 Å². The molecule has 0 unspecified atom stereocenters. The topological polar surface area (TPSA) is 113 Å². The zero-order valence-electron chi connectivity index (χ0n) is 16.2. The molecule has 0 bridgehead atoms. The molecule has 10 heteroatoms. The van der Waals surface area contributed by atoms with E-state index in [0.29, 0.717) is 33.2 Å². The van der Waals surface area contributed by atoms with Crippen LogP contribution in [-0.4, -0.2) is 19.3 Å². The number of fused-ring (bicyclic) bond motifs is 1. The standard InChI is InChI=1S/C21H17ClN4O4S/c1-13(27)23-15-5-7-16(8-6-15)24-21-25-19-12-18(9-10-20(19)30-21)31(28,29)26-17-4-2-3-14(22)11-17/h2-12,26H,1H3,(H,23,27)(H,24,25). The summed E-state index contributed by atoms with van der Waals surface area (Å²) in [5.41, 5.74) is 2.53. The molecule has 0 spiro atoms. The van der Waals surface area contributed by atoms with Gasteiger partial charge in [0.05, 0.1) is 10.6 Å². The predicted molar refractivity (Wildman–Crippen MR) is 120 cm³/mol. The summed E-state index contributed by atoms with van der Waals surface area (Å²) in [4.78, 5) is 15.5. The van der Waals surface area contributed by atoms with Crippen LogP contribution in [0.15, 0.2) is 76.0 Å². The van der Waals surface area contributed by atoms with E-state index < -0.39 is 10.0 Å². The van der Waals surface area contributed by atoms with Crippen LogP contribution < -0.4 is 15.4 Å². The summed E-state index contributed by atoms with van der Waals surface area (Å²) < 4.78 is 33.5. The first-order chi connectivity index (χ1) is 14.8. The van der Waals surface area contributed by atoms with E-state index in [0.717, 1.165) is 0 Å². The first kappa shape index (κ1) is 20.7. The summed E-state index contributed by atoms with van der Waals surface area (Å²) in [5.74, 6) is -0.157. The number of carbonyl (C=O) groups excluding carboxylic acids is 1. The van der Waals surface area contributed by atoms with Crippen molar-refractivity contribution in [1.82, 2.24) is 4.98 Å². The lowest BCUT2D eigenvalue weighted by molar-refractivity contribution is -0.114. The predicted octanol–water partition coefficient (Wildman–Crippen LogP) is 4.98. The minimum Gasteiger partial charge on any atom is -0.423 e. The van der Waals surface area contributed by atoms with Crippen molar-refractivity contribution in [3.8, 4) is 0 Å². The molecule has 0 radical (unpaired) electrons. The van der Waals surface area contributed by atoms with Crippen molar-refractivity contribution in [2.24, 2.45) is 0 Å². The molecule has 3 N–H and O–H groups in total. The molecule has 1 aromatic heterocycles. The van der Waals surface area contributed by atoms with Gasteiger partial charge in [0.15, 0.2) is 5.58 Å². The molecule has 0 aliphatic rings. The van der Waals surface area contributed by atoms with Crippen molar-refractivity contribution in [1.29, 1.82) is 0 Å². The number of nitrogens with zero attached hydrogens (tertiary/aromatic N) is 1. The molecule has 3 aromatic carbocycles. The zero-order valence-corrected chi connectivity index (χ0v) is 17.8. The monoisotopic (exact) mass is 456 g/mol. The van der Waals surface area contributed by atoms with E-state index >= 15 is 0 Å². The summed E-state index contributed by atoms with van der Waals surface area (Å²) in [5, 5.41) is 6.11. The number of halogens is 1. The van der Waals surface area contributed by atoms with Gasteiger partial charge in [0, 0.05) is 23.3 Å². The second kappa shape index (κ2) is 8.29. The Morgan fingerprint density at radius 2 is 1.71 bits per heavy atom. The Balaban J connectivity index is 1.54. The van der Waals surface area contributed by atoms with Crippen molar-refractivity contribution in [2.45, 2.75) is 11.8 Å². The number of rotatable bonds is 6. The summed E-state index contributed by atoms with van der Waals surface area (Å²) in [6.45, 7) is 1.43. The molecule has 4 rings (SSSR count). The van der Waals surface area contributed by atoms with Crippen LogP contribution in [0, 0.1) is 0 Å². The molecule has 0 atom stereocenters. The molecule has 31 heavy (non-hydrogen) atoms. The van der Waals surface area contributed by atoms with Gasteiger partial charge in [0.25, 0.3) is 16.0 Å². The van der Waals surface area contributed by atoms with Crippen molar-refractivity contribution in [3.63, 3.8) is 0 Å². The molecule has 1 heterocycles. The maximum Gasteiger partial charge on any atom is 0.300 e. The van der Waals surface area contributed by atoms with Crippen LogP contribution in [0.1, 0.15) is 6.92 Å². The lowest BCUT2D eigenvalue weighted by atomic mass is 10.3. The molecule has 0 aliphatic heterocycles. The van der Waals surface area contributed by atoms with Gasteiger partial charge < -0.3 is 15.1 Å². The van der Waals surface area contributed by atoms with Crippen molar-refractivity contribution >= 4 is 61.7 Å². The summed E-state index contributed by atoms with van der Waals surface area (Å²) in [7, 11) is -3.83. The number of amides is 1. The number of sulfonamides is 1. The fraction of sp³-hybridized carbons (Fsp3) is 0.0476. The van der Waals surface area contributed by atoms with E-state index in [2.05, 4.69) is 20.3 Å². The van der Waals surface area contributed by atoms with Crippen molar-refractivity contribution in [2.75, 3.05) is 15.4 Å². The minimum atomic E-state index is -3.83. The third-order valence-corrected chi connectivity index (χ3v) is 5.82. The highest BCUT2D eigenvalue weighted by molar-refractivity contribution is 7.92. The Kier molecular flexibility index (Phi) is 5.53.